The zero-order chi connectivity index (χ0) is 16.9. The maximum Gasteiger partial charge on any atom is 0.250 e. The van der Waals surface area contributed by atoms with Crippen molar-refractivity contribution in [2.75, 3.05) is 32.1 Å². The van der Waals surface area contributed by atoms with E-state index < -0.39 is 0 Å². The van der Waals surface area contributed by atoms with Crippen molar-refractivity contribution in [2.45, 2.75) is 25.9 Å². The summed E-state index contributed by atoms with van der Waals surface area (Å²) in [6.07, 6.45) is 3.77. The molecule has 6 heteroatoms. The molecule has 0 radical (unpaired) electrons. The van der Waals surface area contributed by atoms with E-state index in [0.29, 0.717) is 5.89 Å². The first-order valence-corrected chi connectivity index (χ1v) is 8.23. The highest BCUT2D eigenvalue weighted by molar-refractivity contribution is 5.91. The molecule has 2 heterocycles. The van der Waals surface area contributed by atoms with Gasteiger partial charge in [0.2, 0.25) is 5.91 Å². The largest absolute Gasteiger partial charge is 0.449 e. The molecule has 1 aliphatic rings. The number of ether oxygens (including phenoxy) is 1. The van der Waals surface area contributed by atoms with Gasteiger partial charge in [0.15, 0.2) is 5.89 Å². The maximum absolute atomic E-state index is 12.0. The smallest absolute Gasteiger partial charge is 0.250 e. The molecule has 0 spiro atoms. The number of aryl methyl sites for hydroxylation is 1. The molecular formula is C18H23N3O3. The van der Waals surface area contributed by atoms with Crippen LogP contribution in [0.3, 0.4) is 0 Å². The fourth-order valence-electron chi connectivity index (χ4n) is 2.76. The summed E-state index contributed by atoms with van der Waals surface area (Å²) in [6, 6.07) is 7.52. The topological polar surface area (TPSA) is 67.6 Å². The molecule has 1 N–H and O–H groups in total. The van der Waals surface area contributed by atoms with Gasteiger partial charge in [-0.1, -0.05) is 12.1 Å². The second kappa shape index (κ2) is 7.59. The number of benzene rings is 1. The van der Waals surface area contributed by atoms with Crippen molar-refractivity contribution in [1.82, 2.24) is 9.88 Å². The molecule has 1 saturated heterocycles. The SMILES string of the molecule is Cc1nc(-c2ccc(NC(=O)COC3CCN(C)CC3)cc2)co1. The van der Waals surface area contributed by atoms with E-state index in [4.69, 9.17) is 9.15 Å². The number of nitrogens with zero attached hydrogens (tertiary/aromatic N) is 2. The van der Waals surface area contributed by atoms with Crippen LogP contribution in [0.2, 0.25) is 0 Å². The third kappa shape index (κ3) is 4.43. The first-order valence-electron chi connectivity index (χ1n) is 8.23. The number of piperidine rings is 1. The van der Waals surface area contributed by atoms with Gasteiger partial charge in [-0.15, -0.1) is 0 Å². The monoisotopic (exact) mass is 329 g/mol. The van der Waals surface area contributed by atoms with E-state index in [1.54, 1.807) is 6.26 Å². The van der Waals surface area contributed by atoms with Crippen LogP contribution in [-0.4, -0.2) is 48.6 Å². The average molecular weight is 329 g/mol. The minimum absolute atomic E-state index is 0.0958. The molecule has 24 heavy (non-hydrogen) atoms. The number of amides is 1. The van der Waals surface area contributed by atoms with E-state index in [9.17, 15) is 4.79 Å². The van der Waals surface area contributed by atoms with E-state index >= 15 is 0 Å². The highest BCUT2D eigenvalue weighted by atomic mass is 16.5. The average Bonchev–Trinajstić information content (AvgIpc) is 3.01. The summed E-state index contributed by atoms with van der Waals surface area (Å²) in [7, 11) is 2.10. The Labute approximate surface area is 141 Å². The molecule has 1 aromatic carbocycles. The molecule has 3 rings (SSSR count). The lowest BCUT2D eigenvalue weighted by molar-refractivity contribution is -0.123. The number of nitrogens with one attached hydrogen (secondary N) is 1. The maximum atomic E-state index is 12.0. The number of carbonyl (C=O) groups is 1. The molecule has 1 amide bonds. The van der Waals surface area contributed by atoms with Crippen molar-refractivity contribution < 1.29 is 13.9 Å². The summed E-state index contributed by atoms with van der Waals surface area (Å²) in [5.74, 6) is 0.507. The predicted octanol–water partition coefficient (Wildman–Crippen LogP) is 2.70. The highest BCUT2D eigenvalue weighted by Gasteiger charge is 2.18. The van der Waals surface area contributed by atoms with Gasteiger partial charge in [-0.3, -0.25) is 4.79 Å². The number of likely N-dealkylation sites (tertiary alicyclic amines) is 1. The Morgan fingerprint density at radius 3 is 2.67 bits per heavy atom. The zero-order valence-electron chi connectivity index (χ0n) is 14.1. The molecule has 0 atom stereocenters. The van der Waals surface area contributed by atoms with Crippen LogP contribution in [0.25, 0.3) is 11.3 Å². The number of anilines is 1. The Hall–Kier alpha value is -2.18. The molecule has 0 saturated carbocycles. The van der Waals surface area contributed by atoms with Crippen LogP contribution in [0.5, 0.6) is 0 Å². The summed E-state index contributed by atoms with van der Waals surface area (Å²) >= 11 is 0. The van der Waals surface area contributed by atoms with Crippen LogP contribution in [-0.2, 0) is 9.53 Å². The molecule has 1 aromatic heterocycles. The van der Waals surface area contributed by atoms with Gasteiger partial charge >= 0.3 is 0 Å². The Morgan fingerprint density at radius 2 is 2.04 bits per heavy atom. The van der Waals surface area contributed by atoms with Gasteiger partial charge in [0.05, 0.1) is 6.10 Å². The molecule has 1 aliphatic heterocycles. The van der Waals surface area contributed by atoms with Gasteiger partial charge in [-0.2, -0.15) is 0 Å². The predicted molar refractivity (Wildman–Crippen MR) is 91.8 cm³/mol. The number of hydrogen-bond acceptors (Lipinski definition) is 5. The molecule has 0 unspecified atom stereocenters. The first kappa shape index (κ1) is 16.7. The van der Waals surface area contributed by atoms with Gasteiger partial charge in [-0.25, -0.2) is 4.98 Å². The summed E-state index contributed by atoms with van der Waals surface area (Å²) in [4.78, 5) is 18.6. The van der Waals surface area contributed by atoms with Crippen molar-refractivity contribution >= 4 is 11.6 Å². The lowest BCUT2D eigenvalue weighted by Crippen LogP contribution is -2.35. The number of rotatable bonds is 5. The summed E-state index contributed by atoms with van der Waals surface area (Å²) in [5, 5.41) is 2.86. The lowest BCUT2D eigenvalue weighted by atomic mass is 10.1. The van der Waals surface area contributed by atoms with Crippen LogP contribution >= 0.6 is 0 Å². The van der Waals surface area contributed by atoms with Crippen LogP contribution < -0.4 is 5.32 Å². The molecule has 0 bridgehead atoms. The Balaban J connectivity index is 1.48. The molecule has 6 nitrogen and oxygen atoms in total. The van der Waals surface area contributed by atoms with Crippen molar-refractivity contribution in [1.29, 1.82) is 0 Å². The number of aromatic nitrogens is 1. The number of oxazole rings is 1. The highest BCUT2D eigenvalue weighted by Crippen LogP contribution is 2.20. The van der Waals surface area contributed by atoms with Crippen molar-refractivity contribution in [3.63, 3.8) is 0 Å². The minimum atomic E-state index is -0.126. The van der Waals surface area contributed by atoms with Crippen molar-refractivity contribution in [3.05, 3.63) is 36.4 Å². The van der Waals surface area contributed by atoms with Crippen molar-refractivity contribution in [3.8, 4) is 11.3 Å². The van der Waals surface area contributed by atoms with Gasteiger partial charge in [0, 0.05) is 31.3 Å². The Morgan fingerprint density at radius 1 is 1.33 bits per heavy atom. The number of carbonyl (C=O) groups excluding carboxylic acids is 1. The molecular weight excluding hydrogens is 306 g/mol. The Bertz CT molecular complexity index is 673. The van der Waals surface area contributed by atoms with Gasteiger partial charge in [0.25, 0.3) is 0 Å². The van der Waals surface area contributed by atoms with Crippen LogP contribution in [0.4, 0.5) is 5.69 Å². The second-order valence-corrected chi connectivity index (χ2v) is 6.19. The first-order chi connectivity index (χ1) is 11.6. The number of hydrogen-bond donors (Lipinski definition) is 1. The lowest BCUT2D eigenvalue weighted by Gasteiger charge is -2.28. The molecule has 1 fully saturated rings. The fourth-order valence-corrected chi connectivity index (χ4v) is 2.76. The Kier molecular flexibility index (Phi) is 5.27. The molecule has 0 aliphatic carbocycles. The van der Waals surface area contributed by atoms with Crippen molar-refractivity contribution in [2.24, 2.45) is 0 Å². The van der Waals surface area contributed by atoms with Crippen LogP contribution in [0.15, 0.2) is 34.9 Å². The van der Waals surface area contributed by atoms with Crippen LogP contribution in [0, 0.1) is 6.92 Å². The quantitative estimate of drug-likeness (QED) is 0.913. The van der Waals surface area contributed by atoms with E-state index in [0.717, 1.165) is 42.9 Å². The normalized spacial score (nSPS) is 16.2. The van der Waals surface area contributed by atoms with E-state index in [2.05, 4.69) is 22.2 Å². The third-order valence-corrected chi connectivity index (χ3v) is 4.20. The van der Waals surface area contributed by atoms with Gasteiger partial charge in [0.1, 0.15) is 18.6 Å². The standard InChI is InChI=1S/C18H23N3O3/c1-13-19-17(11-23-13)14-3-5-15(6-4-14)20-18(22)12-24-16-7-9-21(2)10-8-16/h3-6,11,16H,7-10,12H2,1-2H3,(H,20,22). The second-order valence-electron chi connectivity index (χ2n) is 6.19. The van der Waals surface area contributed by atoms with Gasteiger partial charge in [-0.05, 0) is 32.0 Å². The third-order valence-electron chi connectivity index (χ3n) is 4.20. The summed E-state index contributed by atoms with van der Waals surface area (Å²) < 4.78 is 10.9. The summed E-state index contributed by atoms with van der Waals surface area (Å²) in [5.41, 5.74) is 2.49. The molecule has 2 aromatic rings. The van der Waals surface area contributed by atoms with Crippen LogP contribution in [0.1, 0.15) is 18.7 Å². The van der Waals surface area contributed by atoms with Gasteiger partial charge < -0.3 is 19.4 Å². The summed E-state index contributed by atoms with van der Waals surface area (Å²) in [6.45, 7) is 3.95. The van der Waals surface area contributed by atoms with E-state index in [1.807, 2.05) is 31.2 Å². The van der Waals surface area contributed by atoms with E-state index in [1.165, 1.54) is 0 Å². The van der Waals surface area contributed by atoms with E-state index in [-0.39, 0.29) is 18.6 Å². The fraction of sp³-hybridized carbons (Fsp3) is 0.444. The zero-order valence-corrected chi connectivity index (χ0v) is 14.1. The molecule has 128 valence electrons. The minimum Gasteiger partial charge on any atom is -0.449 e.